The normalized spacial score (nSPS) is 14.1. The highest BCUT2D eigenvalue weighted by Gasteiger charge is 2.42. The van der Waals surface area contributed by atoms with E-state index in [0.29, 0.717) is 22.6 Å². The number of carbonyl (C=O) groups is 2. The van der Waals surface area contributed by atoms with E-state index in [-0.39, 0.29) is 24.8 Å². The van der Waals surface area contributed by atoms with E-state index in [1.807, 2.05) is 26.0 Å². The van der Waals surface area contributed by atoms with Crippen molar-refractivity contribution in [2.45, 2.75) is 13.8 Å². The number of methoxy groups -OCH3 is 1. The smallest absolute Gasteiger partial charge is 0.282 e. The Hall–Kier alpha value is -3.12. The molecule has 1 heterocycles. The molecular weight excluding hydrogens is 356 g/mol. The first-order valence-electron chi connectivity index (χ1n) is 9.05. The number of aliphatic hydroxyl groups is 1. The van der Waals surface area contributed by atoms with Crippen molar-refractivity contribution in [1.82, 2.24) is 4.90 Å². The molecule has 1 N–H and O–H groups in total. The Kier molecular flexibility index (Phi) is 5.51. The molecule has 28 heavy (non-hydrogen) atoms. The van der Waals surface area contributed by atoms with Gasteiger partial charge in [-0.3, -0.25) is 9.59 Å². The van der Waals surface area contributed by atoms with Crippen LogP contribution in [-0.4, -0.2) is 49.1 Å². The maximum absolute atomic E-state index is 13.4. The van der Waals surface area contributed by atoms with Crippen molar-refractivity contribution in [2.75, 3.05) is 32.2 Å². The van der Waals surface area contributed by atoms with Crippen LogP contribution in [-0.2, 0) is 9.59 Å². The van der Waals surface area contributed by atoms with Gasteiger partial charge < -0.3 is 14.7 Å². The first-order valence-corrected chi connectivity index (χ1v) is 9.05. The molecule has 0 fully saturated rings. The Labute approximate surface area is 164 Å². The molecule has 2 amide bonds. The molecule has 0 aliphatic carbocycles. The second kappa shape index (κ2) is 7.86. The summed E-state index contributed by atoms with van der Waals surface area (Å²) in [5, 5.41) is 9.34. The maximum atomic E-state index is 13.4. The van der Waals surface area contributed by atoms with Crippen molar-refractivity contribution < 1.29 is 19.4 Å². The minimum atomic E-state index is -0.390. The number of imide groups is 1. The number of rotatable bonds is 6. The number of carbonyl (C=O) groups excluding carboxylic acids is 2. The quantitative estimate of drug-likeness (QED) is 0.780. The molecular formula is C22H24N2O4. The number of anilines is 1. The number of ether oxygens (including phenoxy) is 1. The largest absolute Gasteiger partial charge is 0.497 e. The van der Waals surface area contributed by atoms with E-state index in [4.69, 9.17) is 4.74 Å². The van der Waals surface area contributed by atoms with Crippen molar-refractivity contribution in [3.05, 3.63) is 64.9 Å². The number of hydrogen-bond acceptors (Lipinski definition) is 5. The number of aliphatic hydroxyl groups excluding tert-OH is 1. The molecule has 2 aromatic carbocycles. The number of benzene rings is 2. The standard InChI is InChI=1S/C22H24N2O4/c1-14-5-10-18(15(2)13-14)24-21(26)19(16-6-8-17(28-4)9-7-16)20(22(24)27)23(3)11-12-25/h5-10,13,25H,11-12H2,1-4H3. The van der Waals surface area contributed by atoms with Crippen molar-refractivity contribution in [1.29, 1.82) is 0 Å². The molecule has 0 spiro atoms. The zero-order chi connectivity index (χ0) is 20.4. The highest BCUT2D eigenvalue weighted by molar-refractivity contribution is 6.45. The van der Waals surface area contributed by atoms with Crippen molar-refractivity contribution >= 4 is 23.1 Å². The molecule has 0 atom stereocenters. The Balaban J connectivity index is 2.13. The molecule has 0 saturated heterocycles. The monoisotopic (exact) mass is 380 g/mol. The van der Waals surface area contributed by atoms with Crippen molar-refractivity contribution in [3.63, 3.8) is 0 Å². The summed E-state index contributed by atoms with van der Waals surface area (Å²) in [6, 6.07) is 12.6. The van der Waals surface area contributed by atoms with Gasteiger partial charge in [-0.1, -0.05) is 29.8 Å². The predicted octanol–water partition coefficient (Wildman–Crippen LogP) is 2.52. The fourth-order valence-corrected chi connectivity index (χ4v) is 3.43. The van der Waals surface area contributed by atoms with Gasteiger partial charge in [-0.2, -0.15) is 0 Å². The summed E-state index contributed by atoms with van der Waals surface area (Å²) in [6.07, 6.45) is 0. The summed E-state index contributed by atoms with van der Waals surface area (Å²) >= 11 is 0. The van der Waals surface area contributed by atoms with E-state index in [9.17, 15) is 14.7 Å². The van der Waals surface area contributed by atoms with Crippen LogP contribution in [0, 0.1) is 13.8 Å². The van der Waals surface area contributed by atoms with Gasteiger partial charge >= 0.3 is 0 Å². The van der Waals surface area contributed by atoms with E-state index in [0.717, 1.165) is 11.1 Å². The lowest BCUT2D eigenvalue weighted by atomic mass is 10.0. The summed E-state index contributed by atoms with van der Waals surface area (Å²) in [5.74, 6) is -0.0988. The first kappa shape index (κ1) is 19.6. The van der Waals surface area contributed by atoms with Gasteiger partial charge in [-0.15, -0.1) is 0 Å². The molecule has 1 aliphatic rings. The van der Waals surface area contributed by atoms with Gasteiger partial charge in [0, 0.05) is 13.6 Å². The minimum absolute atomic E-state index is 0.124. The summed E-state index contributed by atoms with van der Waals surface area (Å²) in [5.41, 5.74) is 3.71. The fraction of sp³-hybridized carbons (Fsp3) is 0.273. The van der Waals surface area contributed by atoms with Crippen molar-refractivity contribution in [3.8, 4) is 5.75 Å². The van der Waals surface area contributed by atoms with Crippen LogP contribution in [0.4, 0.5) is 5.69 Å². The third kappa shape index (κ3) is 3.39. The van der Waals surface area contributed by atoms with Crippen LogP contribution in [0.1, 0.15) is 16.7 Å². The van der Waals surface area contributed by atoms with Gasteiger partial charge in [-0.05, 0) is 43.2 Å². The molecule has 0 aromatic heterocycles. The summed E-state index contributed by atoms with van der Waals surface area (Å²) in [4.78, 5) is 29.5. The molecule has 0 saturated carbocycles. The van der Waals surface area contributed by atoms with E-state index in [1.165, 1.54) is 4.90 Å². The minimum Gasteiger partial charge on any atom is -0.497 e. The highest BCUT2D eigenvalue weighted by atomic mass is 16.5. The first-order chi connectivity index (χ1) is 13.4. The Morgan fingerprint density at radius 1 is 1.04 bits per heavy atom. The summed E-state index contributed by atoms with van der Waals surface area (Å²) in [7, 11) is 3.27. The topological polar surface area (TPSA) is 70.1 Å². The van der Waals surface area contributed by atoms with Crippen LogP contribution in [0.5, 0.6) is 5.75 Å². The second-order valence-electron chi connectivity index (χ2n) is 6.83. The van der Waals surface area contributed by atoms with E-state index in [2.05, 4.69) is 0 Å². The number of hydrogen-bond donors (Lipinski definition) is 1. The van der Waals surface area contributed by atoms with Gasteiger partial charge in [0.1, 0.15) is 11.4 Å². The zero-order valence-corrected chi connectivity index (χ0v) is 16.5. The number of amides is 2. The molecule has 0 radical (unpaired) electrons. The number of nitrogens with zero attached hydrogens (tertiary/aromatic N) is 2. The average Bonchev–Trinajstić information content (AvgIpc) is 2.93. The van der Waals surface area contributed by atoms with Gasteiger partial charge in [0.2, 0.25) is 0 Å². The summed E-state index contributed by atoms with van der Waals surface area (Å²) in [6.45, 7) is 3.97. The second-order valence-corrected chi connectivity index (χ2v) is 6.83. The average molecular weight is 380 g/mol. The third-order valence-electron chi connectivity index (χ3n) is 4.85. The van der Waals surface area contributed by atoms with Crippen molar-refractivity contribution in [2.24, 2.45) is 0 Å². The molecule has 1 aliphatic heterocycles. The fourth-order valence-electron chi connectivity index (χ4n) is 3.43. The van der Waals surface area contributed by atoms with Crippen LogP contribution < -0.4 is 9.64 Å². The van der Waals surface area contributed by atoms with Gasteiger partial charge in [0.25, 0.3) is 11.8 Å². The van der Waals surface area contributed by atoms with E-state index in [1.54, 1.807) is 49.4 Å². The van der Waals surface area contributed by atoms with Crippen LogP contribution in [0.3, 0.4) is 0 Å². The number of likely N-dealkylation sites (N-methyl/N-ethyl adjacent to an activating group) is 1. The van der Waals surface area contributed by atoms with Crippen LogP contribution >= 0.6 is 0 Å². The van der Waals surface area contributed by atoms with Crippen LogP contribution in [0.15, 0.2) is 48.2 Å². The van der Waals surface area contributed by atoms with Gasteiger partial charge in [-0.25, -0.2) is 4.90 Å². The molecule has 146 valence electrons. The lowest BCUT2D eigenvalue weighted by molar-refractivity contribution is -0.120. The van der Waals surface area contributed by atoms with Gasteiger partial charge in [0.05, 0.1) is 25.0 Å². The van der Waals surface area contributed by atoms with Gasteiger partial charge in [0.15, 0.2) is 0 Å². The highest BCUT2D eigenvalue weighted by Crippen LogP contribution is 2.36. The Bertz CT molecular complexity index is 948. The molecule has 3 rings (SSSR count). The summed E-state index contributed by atoms with van der Waals surface area (Å²) < 4.78 is 5.19. The molecule has 6 nitrogen and oxygen atoms in total. The lowest BCUT2D eigenvalue weighted by Crippen LogP contribution is -2.35. The zero-order valence-electron chi connectivity index (χ0n) is 16.5. The van der Waals surface area contributed by atoms with Crippen LogP contribution in [0.2, 0.25) is 0 Å². The predicted molar refractivity (Wildman–Crippen MR) is 108 cm³/mol. The molecule has 0 unspecified atom stereocenters. The third-order valence-corrected chi connectivity index (χ3v) is 4.85. The SMILES string of the molecule is COc1ccc(C2=C(N(C)CCO)C(=O)N(c3ccc(C)cc3C)C2=O)cc1. The molecule has 6 heteroatoms. The lowest BCUT2D eigenvalue weighted by Gasteiger charge is -2.21. The van der Waals surface area contributed by atoms with E-state index < -0.39 is 5.91 Å². The molecule has 0 bridgehead atoms. The maximum Gasteiger partial charge on any atom is 0.282 e. The van der Waals surface area contributed by atoms with E-state index >= 15 is 0 Å². The Morgan fingerprint density at radius 3 is 2.29 bits per heavy atom. The Morgan fingerprint density at radius 2 is 1.71 bits per heavy atom. The van der Waals surface area contributed by atoms with Crippen LogP contribution in [0.25, 0.3) is 5.57 Å². The molecule has 2 aromatic rings. The number of aryl methyl sites for hydroxylation is 2.